The summed E-state index contributed by atoms with van der Waals surface area (Å²) in [5, 5.41) is 4.29. The van der Waals surface area contributed by atoms with Crippen LogP contribution in [0.4, 0.5) is 0 Å². The molecule has 1 N–H and O–H groups in total. The molecule has 0 aliphatic carbocycles. The van der Waals surface area contributed by atoms with Gasteiger partial charge >= 0.3 is 0 Å². The molecule has 0 aromatic heterocycles. The lowest BCUT2D eigenvalue weighted by molar-refractivity contribution is -0.0678. The maximum atomic E-state index is 6.22. The van der Waals surface area contributed by atoms with Crippen LogP contribution in [0.15, 0.2) is 18.2 Å². The number of halogens is 2. The van der Waals surface area contributed by atoms with E-state index in [-0.39, 0.29) is 18.0 Å². The molecular weight excluding hydrogens is 257 g/mol. The summed E-state index contributed by atoms with van der Waals surface area (Å²) in [6, 6.07) is 6.20. The Morgan fingerprint density at radius 2 is 2.35 bits per heavy atom. The molecule has 2 nitrogen and oxygen atoms in total. The van der Waals surface area contributed by atoms with Crippen LogP contribution in [0.2, 0.25) is 5.02 Å². The molecule has 1 saturated heterocycles. The lowest BCUT2D eigenvalue weighted by atomic mass is 9.79. The molecule has 0 saturated carbocycles. The zero-order valence-corrected chi connectivity index (χ0v) is 11.4. The third-order valence-electron chi connectivity index (χ3n) is 4.04. The SMILES string of the molecule is CC[C@]12CNC[C@H]1c1cccc(Cl)c1CO2.Cl. The minimum Gasteiger partial charge on any atom is -0.368 e. The first-order chi connectivity index (χ1) is 7.77. The highest BCUT2D eigenvalue weighted by molar-refractivity contribution is 6.31. The first kappa shape index (κ1) is 13.2. The van der Waals surface area contributed by atoms with Gasteiger partial charge in [-0.15, -0.1) is 12.4 Å². The molecule has 0 amide bonds. The number of benzene rings is 1. The van der Waals surface area contributed by atoms with Crippen molar-refractivity contribution in [1.29, 1.82) is 0 Å². The van der Waals surface area contributed by atoms with Gasteiger partial charge in [0.15, 0.2) is 0 Å². The second kappa shape index (κ2) is 4.77. The van der Waals surface area contributed by atoms with Crippen molar-refractivity contribution >= 4 is 24.0 Å². The van der Waals surface area contributed by atoms with Gasteiger partial charge in [0, 0.05) is 24.0 Å². The van der Waals surface area contributed by atoms with Crippen molar-refractivity contribution in [3.63, 3.8) is 0 Å². The molecule has 2 aliphatic heterocycles. The zero-order valence-electron chi connectivity index (χ0n) is 9.83. The predicted octanol–water partition coefficient (Wildman–Crippen LogP) is 3.13. The summed E-state index contributed by atoms with van der Waals surface area (Å²) in [5.74, 6) is 0.458. The van der Waals surface area contributed by atoms with Crippen molar-refractivity contribution in [3.05, 3.63) is 34.3 Å². The van der Waals surface area contributed by atoms with Gasteiger partial charge in [0.2, 0.25) is 0 Å². The monoisotopic (exact) mass is 273 g/mol. The molecule has 2 heterocycles. The van der Waals surface area contributed by atoms with Crippen molar-refractivity contribution in [2.45, 2.75) is 31.5 Å². The minimum absolute atomic E-state index is 0. The van der Waals surface area contributed by atoms with Crippen LogP contribution in [0.5, 0.6) is 0 Å². The lowest BCUT2D eigenvalue weighted by Gasteiger charge is -2.39. The fourth-order valence-corrected chi connectivity index (χ4v) is 3.26. The van der Waals surface area contributed by atoms with E-state index in [1.54, 1.807) is 0 Å². The summed E-state index contributed by atoms with van der Waals surface area (Å²) < 4.78 is 6.10. The minimum atomic E-state index is -0.00230. The van der Waals surface area contributed by atoms with Crippen molar-refractivity contribution < 1.29 is 4.74 Å². The molecule has 3 rings (SSSR count). The van der Waals surface area contributed by atoms with Gasteiger partial charge in [0.25, 0.3) is 0 Å². The first-order valence-corrected chi connectivity index (χ1v) is 6.26. The molecule has 0 unspecified atom stereocenters. The molecule has 2 aliphatic rings. The summed E-state index contributed by atoms with van der Waals surface area (Å²) in [4.78, 5) is 0. The largest absolute Gasteiger partial charge is 0.368 e. The van der Waals surface area contributed by atoms with Crippen LogP contribution in [0, 0.1) is 0 Å². The van der Waals surface area contributed by atoms with E-state index < -0.39 is 0 Å². The molecular formula is C13H17Cl2NO. The fraction of sp³-hybridized carbons (Fsp3) is 0.538. The topological polar surface area (TPSA) is 21.3 Å². The van der Waals surface area contributed by atoms with Crippen LogP contribution in [0.3, 0.4) is 0 Å². The van der Waals surface area contributed by atoms with Crippen LogP contribution >= 0.6 is 24.0 Å². The summed E-state index contributed by atoms with van der Waals surface area (Å²) in [6.45, 7) is 4.82. The van der Waals surface area contributed by atoms with Gasteiger partial charge in [0.1, 0.15) is 0 Å². The number of hydrogen-bond donors (Lipinski definition) is 1. The van der Waals surface area contributed by atoms with Crippen molar-refractivity contribution in [2.24, 2.45) is 0 Å². The highest BCUT2D eigenvalue weighted by atomic mass is 35.5. The molecule has 0 bridgehead atoms. The lowest BCUT2D eigenvalue weighted by Crippen LogP contribution is -2.42. The molecule has 17 heavy (non-hydrogen) atoms. The van der Waals surface area contributed by atoms with E-state index in [9.17, 15) is 0 Å². The van der Waals surface area contributed by atoms with Gasteiger partial charge in [0.05, 0.1) is 12.2 Å². The van der Waals surface area contributed by atoms with E-state index in [1.165, 1.54) is 11.1 Å². The smallest absolute Gasteiger partial charge is 0.0888 e. The molecule has 1 aromatic rings. The number of fused-ring (bicyclic) bond motifs is 3. The van der Waals surface area contributed by atoms with Crippen LogP contribution < -0.4 is 5.32 Å². The molecule has 4 heteroatoms. The highest BCUT2D eigenvalue weighted by Crippen LogP contribution is 2.44. The number of nitrogens with one attached hydrogen (secondary N) is 1. The Bertz CT molecular complexity index is 424. The average Bonchev–Trinajstić information content (AvgIpc) is 2.74. The molecule has 1 aromatic carbocycles. The Hall–Kier alpha value is -0.280. The summed E-state index contributed by atoms with van der Waals surface area (Å²) in [5.41, 5.74) is 2.56. The molecule has 0 radical (unpaired) electrons. The van der Waals surface area contributed by atoms with Crippen LogP contribution in [-0.4, -0.2) is 18.7 Å². The van der Waals surface area contributed by atoms with E-state index in [1.807, 2.05) is 12.1 Å². The van der Waals surface area contributed by atoms with Gasteiger partial charge in [-0.05, 0) is 23.6 Å². The maximum Gasteiger partial charge on any atom is 0.0888 e. The number of hydrogen-bond acceptors (Lipinski definition) is 2. The van der Waals surface area contributed by atoms with E-state index in [0.717, 1.165) is 24.5 Å². The third-order valence-corrected chi connectivity index (χ3v) is 4.39. The second-order valence-electron chi connectivity index (χ2n) is 4.70. The number of ether oxygens (including phenoxy) is 1. The van der Waals surface area contributed by atoms with E-state index in [0.29, 0.717) is 12.5 Å². The Labute approximate surface area is 113 Å². The highest BCUT2D eigenvalue weighted by Gasteiger charge is 2.46. The molecule has 1 fully saturated rings. The van der Waals surface area contributed by atoms with Crippen molar-refractivity contribution in [2.75, 3.05) is 13.1 Å². The average molecular weight is 274 g/mol. The first-order valence-electron chi connectivity index (χ1n) is 5.89. The Kier molecular flexibility index (Phi) is 3.69. The normalized spacial score (nSPS) is 30.4. The Morgan fingerprint density at radius 1 is 1.53 bits per heavy atom. The van der Waals surface area contributed by atoms with Crippen LogP contribution in [-0.2, 0) is 11.3 Å². The van der Waals surface area contributed by atoms with E-state index >= 15 is 0 Å². The van der Waals surface area contributed by atoms with Gasteiger partial charge in [-0.25, -0.2) is 0 Å². The van der Waals surface area contributed by atoms with Crippen LogP contribution in [0.1, 0.15) is 30.4 Å². The van der Waals surface area contributed by atoms with Crippen LogP contribution in [0.25, 0.3) is 0 Å². The van der Waals surface area contributed by atoms with Gasteiger partial charge in [-0.2, -0.15) is 0 Å². The van der Waals surface area contributed by atoms with Gasteiger partial charge in [-0.3, -0.25) is 0 Å². The van der Waals surface area contributed by atoms with Crippen molar-refractivity contribution in [3.8, 4) is 0 Å². The quantitative estimate of drug-likeness (QED) is 0.849. The summed E-state index contributed by atoms with van der Waals surface area (Å²) >= 11 is 6.22. The molecule has 0 spiro atoms. The zero-order chi connectivity index (χ0) is 11.2. The molecule has 94 valence electrons. The fourth-order valence-electron chi connectivity index (χ4n) is 3.03. The van der Waals surface area contributed by atoms with E-state index in [4.69, 9.17) is 16.3 Å². The summed E-state index contributed by atoms with van der Waals surface area (Å²) in [6.07, 6.45) is 1.05. The maximum absolute atomic E-state index is 6.22. The van der Waals surface area contributed by atoms with Gasteiger partial charge < -0.3 is 10.1 Å². The second-order valence-corrected chi connectivity index (χ2v) is 5.11. The summed E-state index contributed by atoms with van der Waals surface area (Å²) in [7, 11) is 0. The standard InChI is InChI=1S/C13H16ClNO.ClH/c1-2-13-8-15-6-11(13)9-4-3-5-12(14)10(9)7-16-13;/h3-5,11,15H,2,6-8H2,1H3;1H/t11-,13-;/m0./s1. The molecule has 2 atom stereocenters. The Morgan fingerprint density at radius 3 is 3.12 bits per heavy atom. The number of rotatable bonds is 1. The van der Waals surface area contributed by atoms with E-state index in [2.05, 4.69) is 18.3 Å². The predicted molar refractivity (Wildman–Crippen MR) is 72.1 cm³/mol. The Balaban J connectivity index is 0.00000108. The van der Waals surface area contributed by atoms with Crippen molar-refractivity contribution in [1.82, 2.24) is 5.32 Å². The van der Waals surface area contributed by atoms with Gasteiger partial charge in [-0.1, -0.05) is 30.7 Å². The third kappa shape index (κ3) is 1.88.